The van der Waals surface area contributed by atoms with Gasteiger partial charge in [0.05, 0.1) is 19.0 Å². The maximum atomic E-state index is 11.8. The number of imidazole rings is 1. The lowest BCUT2D eigenvalue weighted by Crippen LogP contribution is -2.40. The largest absolute Gasteiger partial charge is 0.394 e. The summed E-state index contributed by atoms with van der Waals surface area (Å²) in [6, 6.07) is -0.565. The van der Waals surface area contributed by atoms with Crippen LogP contribution in [0.2, 0.25) is 0 Å². The van der Waals surface area contributed by atoms with Gasteiger partial charge in [0.1, 0.15) is 12.2 Å². The number of hydrogen-bond acceptors (Lipinski definition) is 9. The average molecular weight is 328 g/mol. The molecule has 0 aromatic carbocycles. The molecule has 0 saturated carbocycles. The first kappa shape index (κ1) is 15.2. The van der Waals surface area contributed by atoms with E-state index in [9.17, 15) is 9.90 Å². The van der Waals surface area contributed by atoms with Gasteiger partial charge in [0.15, 0.2) is 17.4 Å². The first-order valence-corrected chi connectivity index (χ1v) is 7.65. The van der Waals surface area contributed by atoms with E-state index in [1.54, 1.807) is 6.26 Å². The molecule has 0 radical (unpaired) electrons. The van der Waals surface area contributed by atoms with Gasteiger partial charge >= 0.3 is 0 Å². The van der Waals surface area contributed by atoms with Gasteiger partial charge in [-0.25, -0.2) is 4.98 Å². The molecule has 1 saturated heterocycles. The minimum atomic E-state index is -0.673. The number of ether oxygens (including phenoxy) is 1. The van der Waals surface area contributed by atoms with Crippen molar-refractivity contribution in [1.29, 1.82) is 0 Å². The van der Waals surface area contributed by atoms with E-state index < -0.39 is 30.0 Å². The summed E-state index contributed by atoms with van der Waals surface area (Å²) >= 11 is 1.14. The second-order valence-electron chi connectivity index (χ2n) is 4.83. The highest BCUT2D eigenvalue weighted by Gasteiger charge is 2.45. The second kappa shape index (κ2) is 5.85. The van der Waals surface area contributed by atoms with Crippen molar-refractivity contribution in [3.05, 3.63) is 16.7 Å². The van der Waals surface area contributed by atoms with E-state index in [0.717, 1.165) is 12.0 Å². The lowest BCUT2D eigenvalue weighted by molar-refractivity contribution is -0.0379. The minimum Gasteiger partial charge on any atom is -0.394 e. The zero-order valence-electron chi connectivity index (χ0n) is 11.7. The number of nitrogen functional groups attached to an aromatic ring is 1. The van der Waals surface area contributed by atoms with Gasteiger partial charge < -0.3 is 25.5 Å². The summed E-state index contributed by atoms with van der Waals surface area (Å²) in [5.41, 5.74) is 11.7. The predicted octanol–water partition coefficient (Wildman–Crippen LogP) is -1.42. The van der Waals surface area contributed by atoms with E-state index in [0.29, 0.717) is 0 Å². The molecule has 3 heterocycles. The molecule has 2 unspecified atom stereocenters. The Hall–Kier alpha value is -1.66. The minimum absolute atomic E-state index is 0.0264. The van der Waals surface area contributed by atoms with Crippen LogP contribution < -0.4 is 17.0 Å². The Bertz CT molecular complexity index is 733. The van der Waals surface area contributed by atoms with Gasteiger partial charge in [-0.05, 0) is 12.0 Å². The fourth-order valence-electron chi connectivity index (χ4n) is 2.52. The number of hydrogen-bond donors (Lipinski definition) is 4. The monoisotopic (exact) mass is 328 g/mol. The average Bonchev–Trinajstić information content (AvgIpc) is 3.02. The van der Waals surface area contributed by atoms with Crippen molar-refractivity contribution in [2.45, 2.75) is 24.5 Å². The summed E-state index contributed by atoms with van der Waals surface area (Å²) in [5.74, 6) is -0.0264. The molecule has 1 aliphatic heterocycles. The Labute approximate surface area is 129 Å². The molecule has 2 aromatic rings. The zero-order chi connectivity index (χ0) is 15.9. The Balaban J connectivity index is 2.03. The van der Waals surface area contributed by atoms with Crippen LogP contribution in [-0.2, 0) is 8.92 Å². The highest BCUT2D eigenvalue weighted by atomic mass is 32.2. The molecule has 1 aliphatic rings. The van der Waals surface area contributed by atoms with Gasteiger partial charge in [0.2, 0.25) is 5.95 Å². The van der Waals surface area contributed by atoms with Crippen molar-refractivity contribution < 1.29 is 14.0 Å². The third-order valence-corrected chi connectivity index (χ3v) is 3.92. The second-order valence-corrected chi connectivity index (χ2v) is 5.35. The maximum Gasteiger partial charge on any atom is 0.280 e. The molecule has 0 bridgehead atoms. The summed E-state index contributed by atoms with van der Waals surface area (Å²) in [6.45, 7) is -0.238. The molecule has 2 aromatic heterocycles. The summed E-state index contributed by atoms with van der Waals surface area (Å²) in [4.78, 5) is 22.3. The Morgan fingerprint density at radius 2 is 2.41 bits per heavy atom. The molecule has 4 atom stereocenters. The van der Waals surface area contributed by atoms with Crippen LogP contribution in [0.5, 0.6) is 0 Å². The number of anilines is 1. The number of aliphatic hydroxyl groups excluding tert-OH is 1. The van der Waals surface area contributed by atoms with Gasteiger partial charge in [0.25, 0.3) is 5.56 Å². The number of aromatic amines is 1. The molecule has 11 heteroatoms. The van der Waals surface area contributed by atoms with Crippen molar-refractivity contribution in [3.63, 3.8) is 0 Å². The zero-order valence-corrected chi connectivity index (χ0v) is 12.5. The molecule has 0 spiro atoms. The summed E-state index contributed by atoms with van der Waals surface area (Å²) in [7, 11) is 0. The molecule has 0 aliphatic carbocycles. The van der Waals surface area contributed by atoms with Gasteiger partial charge in [-0.2, -0.15) is 4.98 Å². The molecule has 1 fully saturated rings. The maximum absolute atomic E-state index is 11.8. The van der Waals surface area contributed by atoms with Crippen LogP contribution in [0.1, 0.15) is 6.23 Å². The number of H-pyrrole nitrogens is 1. The third-order valence-electron chi connectivity index (χ3n) is 3.50. The van der Waals surface area contributed by atoms with Crippen LogP contribution in [0.3, 0.4) is 0 Å². The highest BCUT2D eigenvalue weighted by Crippen LogP contribution is 2.32. The van der Waals surface area contributed by atoms with Crippen molar-refractivity contribution in [2.75, 3.05) is 18.6 Å². The van der Waals surface area contributed by atoms with E-state index in [-0.39, 0.29) is 23.7 Å². The number of nitrogens with one attached hydrogen (secondary N) is 1. The van der Waals surface area contributed by atoms with E-state index >= 15 is 0 Å². The fourth-order valence-corrected chi connectivity index (χ4v) is 3.00. The van der Waals surface area contributed by atoms with Crippen molar-refractivity contribution >= 4 is 29.2 Å². The standard InChI is InChI=1S/C11H16N6O4S/c1-22-21-7-4(2-18)20-10(5(7)12)17-3-14-6-8(17)15-11(13)16-9(6)19/h3-5,7,10,18H,2,12H2,1H3,(H3,13,15,16,19)/t4-,5?,7?,10-/m1/s1. The first-order valence-electron chi connectivity index (χ1n) is 6.50. The van der Waals surface area contributed by atoms with E-state index in [1.807, 2.05) is 0 Å². The van der Waals surface area contributed by atoms with Gasteiger partial charge in [-0.1, -0.05) is 0 Å². The summed E-state index contributed by atoms with van der Waals surface area (Å²) < 4.78 is 12.7. The van der Waals surface area contributed by atoms with Crippen LogP contribution in [0, 0.1) is 0 Å². The van der Waals surface area contributed by atoms with Crippen LogP contribution in [-0.4, -0.2) is 55.7 Å². The normalized spacial score (nSPS) is 28.5. The topological polar surface area (TPSA) is 154 Å². The van der Waals surface area contributed by atoms with E-state index in [1.165, 1.54) is 10.9 Å². The van der Waals surface area contributed by atoms with Crippen LogP contribution in [0.15, 0.2) is 11.1 Å². The fraction of sp³-hybridized carbons (Fsp3) is 0.545. The first-order chi connectivity index (χ1) is 10.6. The predicted molar refractivity (Wildman–Crippen MR) is 79.9 cm³/mol. The number of aromatic nitrogens is 4. The molecule has 6 N–H and O–H groups in total. The van der Waals surface area contributed by atoms with Crippen LogP contribution >= 0.6 is 12.0 Å². The summed E-state index contributed by atoms with van der Waals surface area (Å²) in [5, 5.41) is 9.41. The molecule has 3 rings (SSSR count). The number of rotatable bonds is 4. The summed E-state index contributed by atoms with van der Waals surface area (Å²) in [6.07, 6.45) is 1.41. The SMILES string of the molecule is CSOC1C(N)[C@H](n2cnc3c(=O)[nH]c(N)nc32)O[C@@H]1CO. The van der Waals surface area contributed by atoms with E-state index in [2.05, 4.69) is 15.0 Å². The Kier molecular flexibility index (Phi) is 4.06. The Morgan fingerprint density at radius 1 is 1.64 bits per heavy atom. The number of fused-ring (bicyclic) bond motifs is 1. The molecular weight excluding hydrogens is 312 g/mol. The van der Waals surface area contributed by atoms with Crippen molar-refractivity contribution in [1.82, 2.24) is 19.5 Å². The van der Waals surface area contributed by atoms with Gasteiger partial charge in [-0.3, -0.25) is 14.3 Å². The molecule has 10 nitrogen and oxygen atoms in total. The van der Waals surface area contributed by atoms with E-state index in [4.69, 9.17) is 20.4 Å². The quantitative estimate of drug-likeness (QED) is 0.495. The number of aliphatic hydroxyl groups is 1. The smallest absolute Gasteiger partial charge is 0.280 e. The number of nitrogens with two attached hydrogens (primary N) is 2. The lowest BCUT2D eigenvalue weighted by Gasteiger charge is -2.19. The lowest BCUT2D eigenvalue weighted by atomic mass is 10.1. The van der Waals surface area contributed by atoms with Crippen molar-refractivity contribution in [3.8, 4) is 0 Å². The molecule has 22 heavy (non-hydrogen) atoms. The Morgan fingerprint density at radius 3 is 3.09 bits per heavy atom. The van der Waals surface area contributed by atoms with Crippen molar-refractivity contribution in [2.24, 2.45) is 5.73 Å². The molecule has 0 amide bonds. The molecule has 120 valence electrons. The van der Waals surface area contributed by atoms with Gasteiger partial charge in [0, 0.05) is 6.26 Å². The van der Waals surface area contributed by atoms with Crippen LogP contribution in [0.4, 0.5) is 5.95 Å². The highest BCUT2D eigenvalue weighted by molar-refractivity contribution is 7.93. The number of nitrogens with zero attached hydrogens (tertiary/aromatic N) is 3. The molecular formula is C11H16N6O4S. The van der Waals surface area contributed by atoms with Crippen LogP contribution in [0.25, 0.3) is 11.2 Å². The third kappa shape index (κ3) is 2.36. The van der Waals surface area contributed by atoms with Gasteiger partial charge in [-0.15, -0.1) is 0 Å².